The van der Waals surface area contributed by atoms with E-state index in [0.29, 0.717) is 35.5 Å². The van der Waals surface area contributed by atoms with Crippen LogP contribution in [0.2, 0.25) is 0 Å². The van der Waals surface area contributed by atoms with Crippen LogP contribution in [0.3, 0.4) is 0 Å². The zero-order valence-electron chi connectivity index (χ0n) is 42.7. The molecule has 1 aliphatic carbocycles. The normalized spacial score (nSPS) is 14.4. The lowest BCUT2D eigenvalue weighted by atomic mass is 9.33. The average Bonchev–Trinajstić information content (AvgIpc) is 4.02. The maximum Gasteiger partial charge on any atom is 0.252 e. The van der Waals surface area contributed by atoms with Gasteiger partial charge in [-0.25, -0.2) is 0 Å². The highest BCUT2D eigenvalue weighted by Crippen LogP contribution is 2.62. The molecule has 0 saturated heterocycles. The van der Waals surface area contributed by atoms with Crippen LogP contribution in [0.4, 0.5) is 0 Å². The van der Waals surface area contributed by atoms with Crippen LogP contribution in [0.15, 0.2) is 176 Å². The molecule has 11 aromatic rings. The Bertz CT molecular complexity index is 4060. The van der Waals surface area contributed by atoms with Crippen LogP contribution in [-0.4, -0.2) is 15.8 Å². The molecule has 0 bridgehead atoms. The van der Waals surface area contributed by atoms with Crippen LogP contribution < -0.4 is 16.4 Å². The molecule has 0 amide bonds. The van der Waals surface area contributed by atoms with Gasteiger partial charge >= 0.3 is 0 Å². The van der Waals surface area contributed by atoms with Gasteiger partial charge in [0.2, 0.25) is 0 Å². The van der Waals surface area contributed by atoms with Crippen molar-refractivity contribution in [3.05, 3.63) is 209 Å². The van der Waals surface area contributed by atoms with Crippen molar-refractivity contribution >= 4 is 66.6 Å². The summed E-state index contributed by atoms with van der Waals surface area (Å²) < 4.78 is 5.53. The lowest BCUT2D eigenvalue weighted by Crippen LogP contribution is -2.60. The molecule has 9 aromatic carbocycles. The van der Waals surface area contributed by atoms with Gasteiger partial charge in [0.05, 0.1) is 22.1 Å². The summed E-state index contributed by atoms with van der Waals surface area (Å²) in [7, 11) is 0. The highest BCUT2D eigenvalue weighted by atomic mass is 15.1. The summed E-state index contributed by atoms with van der Waals surface area (Å²) >= 11 is 0. The van der Waals surface area contributed by atoms with Crippen molar-refractivity contribution < 1.29 is 0 Å². The van der Waals surface area contributed by atoms with Crippen molar-refractivity contribution in [1.82, 2.24) is 9.13 Å². The van der Waals surface area contributed by atoms with Crippen LogP contribution in [0, 0.1) is 23.7 Å². The summed E-state index contributed by atoms with van der Waals surface area (Å²) in [5, 5.41) is 6.74. The van der Waals surface area contributed by atoms with E-state index >= 15 is 0 Å². The summed E-state index contributed by atoms with van der Waals surface area (Å²) in [4.78, 5) is 0. The maximum atomic E-state index is 2.81. The van der Waals surface area contributed by atoms with Gasteiger partial charge in [-0.1, -0.05) is 213 Å². The fourth-order valence-electron chi connectivity index (χ4n) is 16.0. The SMILES string of the molecule is CC(C)C(c1cc2c3c(c1)c1cc(C(C(C)C)C(C)C)cc4c1n3-c1c(ccc3c1B2c1cc2ccccc2c2c(-c5ccccc5)c(-c5ccccc5)n-3c12)C41c2ccccc2-c2ccccc21)C(C)C. The summed E-state index contributed by atoms with van der Waals surface area (Å²) in [6.07, 6.45) is 0. The highest BCUT2D eigenvalue weighted by Gasteiger charge is 2.55. The van der Waals surface area contributed by atoms with E-state index in [0.717, 1.165) is 0 Å². The molecular weight excluding hydrogens is 868 g/mol. The summed E-state index contributed by atoms with van der Waals surface area (Å²) in [6, 6.07) is 69.0. The summed E-state index contributed by atoms with van der Waals surface area (Å²) in [5.74, 6) is 2.68. The molecule has 3 heteroatoms. The van der Waals surface area contributed by atoms with Crippen molar-refractivity contribution in [2.75, 3.05) is 0 Å². The van der Waals surface area contributed by atoms with Crippen molar-refractivity contribution in [3.63, 3.8) is 0 Å². The molecule has 0 unspecified atom stereocenters. The van der Waals surface area contributed by atoms with Gasteiger partial charge in [-0.15, -0.1) is 0 Å². The Morgan fingerprint density at radius 1 is 0.417 bits per heavy atom. The molecule has 2 nitrogen and oxygen atoms in total. The van der Waals surface area contributed by atoms with E-state index in [1.807, 2.05) is 0 Å². The first-order valence-corrected chi connectivity index (χ1v) is 26.8. The van der Waals surface area contributed by atoms with Crippen molar-refractivity contribution in [2.24, 2.45) is 23.7 Å². The molecule has 3 aliphatic heterocycles. The molecule has 0 fully saturated rings. The van der Waals surface area contributed by atoms with E-state index in [-0.39, 0.29) is 6.71 Å². The third-order valence-electron chi connectivity index (χ3n) is 18.1. The Labute approximate surface area is 424 Å². The number of rotatable bonds is 8. The first-order valence-electron chi connectivity index (χ1n) is 26.8. The smallest absolute Gasteiger partial charge is 0.252 e. The van der Waals surface area contributed by atoms with Gasteiger partial charge in [0.1, 0.15) is 0 Å². The van der Waals surface area contributed by atoms with Gasteiger partial charge in [-0.05, 0) is 137 Å². The van der Waals surface area contributed by atoms with Crippen LogP contribution in [0.1, 0.15) is 101 Å². The van der Waals surface area contributed by atoms with Crippen molar-refractivity contribution in [1.29, 1.82) is 0 Å². The van der Waals surface area contributed by atoms with Crippen LogP contribution in [0.5, 0.6) is 0 Å². The number of benzene rings is 9. The molecular formula is C69H59BN2. The third-order valence-corrected chi connectivity index (χ3v) is 18.1. The van der Waals surface area contributed by atoms with E-state index in [4.69, 9.17) is 0 Å². The Balaban J connectivity index is 1.22. The maximum absolute atomic E-state index is 2.81. The van der Waals surface area contributed by atoms with Crippen molar-refractivity contribution in [3.8, 4) is 44.9 Å². The fraction of sp³-hybridized carbons (Fsp3) is 0.217. The van der Waals surface area contributed by atoms with Crippen LogP contribution in [-0.2, 0) is 5.41 Å². The van der Waals surface area contributed by atoms with E-state index in [1.165, 1.54) is 138 Å². The summed E-state index contributed by atoms with van der Waals surface area (Å²) in [6.45, 7) is 19.5. The number of hydrogen-bond donors (Lipinski definition) is 0. The minimum Gasteiger partial charge on any atom is -0.310 e. The van der Waals surface area contributed by atoms with E-state index < -0.39 is 5.41 Å². The van der Waals surface area contributed by atoms with Gasteiger partial charge in [0.15, 0.2) is 0 Å². The van der Waals surface area contributed by atoms with E-state index in [9.17, 15) is 0 Å². The van der Waals surface area contributed by atoms with Crippen molar-refractivity contribution in [2.45, 2.75) is 72.6 Å². The molecule has 72 heavy (non-hydrogen) atoms. The Morgan fingerprint density at radius 3 is 1.60 bits per heavy atom. The number of hydrogen-bond acceptors (Lipinski definition) is 0. The lowest BCUT2D eigenvalue weighted by Gasteiger charge is -2.44. The third kappa shape index (κ3) is 5.17. The number of aromatic nitrogens is 2. The van der Waals surface area contributed by atoms with Gasteiger partial charge in [0, 0.05) is 38.6 Å². The lowest BCUT2D eigenvalue weighted by molar-refractivity contribution is 0.387. The van der Waals surface area contributed by atoms with Gasteiger partial charge < -0.3 is 9.13 Å². The minimum absolute atomic E-state index is 0.0139. The standard InChI is InChI=1S/C69H59BN2/c1-38(2)59(39(3)4)45-33-50-51-34-46(60(40(5)6)41(7)8)37-56-66(51)72-65(50)55(35-45)69(52-29-19-17-27-48(52)49-28-18-20-30-53(49)69)54-31-32-58-63(67(54)72)70(56)57-36-44-25-15-16-26-47(44)62-61(42-21-11-9-12-22-42)64(71(58)68(57)62)43-23-13-10-14-24-43/h9-41,59-60H,1-8H3. The predicted molar refractivity (Wildman–Crippen MR) is 306 cm³/mol. The molecule has 0 radical (unpaired) electrons. The molecule has 1 spiro atoms. The topological polar surface area (TPSA) is 9.86 Å². The molecule has 348 valence electrons. The molecule has 4 aliphatic rings. The van der Waals surface area contributed by atoms with E-state index in [1.54, 1.807) is 0 Å². The Hall–Kier alpha value is -7.36. The quantitative estimate of drug-likeness (QED) is 0.134. The number of fused-ring (bicyclic) bond motifs is 13. The second kappa shape index (κ2) is 14.9. The van der Waals surface area contributed by atoms with Gasteiger partial charge in [-0.3, -0.25) is 0 Å². The van der Waals surface area contributed by atoms with Gasteiger partial charge in [-0.2, -0.15) is 0 Å². The Kier molecular flexibility index (Phi) is 8.74. The highest BCUT2D eigenvalue weighted by molar-refractivity contribution is 7.00. The fourth-order valence-corrected chi connectivity index (χ4v) is 16.0. The van der Waals surface area contributed by atoms with Gasteiger partial charge in [0.25, 0.3) is 6.71 Å². The van der Waals surface area contributed by atoms with E-state index in [2.05, 4.69) is 240 Å². The zero-order chi connectivity index (χ0) is 48.6. The van der Waals surface area contributed by atoms with Crippen LogP contribution >= 0.6 is 0 Å². The number of nitrogens with zero attached hydrogens (tertiary/aromatic N) is 2. The molecule has 0 atom stereocenters. The monoisotopic (exact) mass is 926 g/mol. The molecule has 5 heterocycles. The molecule has 0 saturated carbocycles. The first-order chi connectivity index (χ1) is 35.1. The van der Waals surface area contributed by atoms with Crippen LogP contribution in [0.25, 0.3) is 88.4 Å². The largest absolute Gasteiger partial charge is 0.310 e. The molecule has 0 N–H and O–H groups in total. The zero-order valence-corrected chi connectivity index (χ0v) is 42.7. The average molecular weight is 927 g/mol. The first kappa shape index (κ1) is 42.3. The predicted octanol–water partition coefficient (Wildman–Crippen LogP) is 15.8. The summed E-state index contributed by atoms with van der Waals surface area (Å²) in [5.41, 5.74) is 26.8. The Morgan fingerprint density at radius 2 is 0.958 bits per heavy atom. The minimum atomic E-state index is -0.550. The second-order valence-electron chi connectivity index (χ2n) is 23.2. The molecule has 2 aromatic heterocycles. The molecule has 15 rings (SSSR count). The second-order valence-corrected chi connectivity index (χ2v) is 23.2.